The quantitative estimate of drug-likeness (QED) is 0.616. The lowest BCUT2D eigenvalue weighted by molar-refractivity contribution is -0.114. The molecular weight excluding hydrogens is 386 g/mol. The second-order valence-corrected chi connectivity index (χ2v) is 6.94. The van der Waals surface area contributed by atoms with Crippen LogP contribution in [-0.4, -0.2) is 32.3 Å². The topological polar surface area (TPSA) is 88.9 Å². The molecule has 0 aliphatic rings. The summed E-state index contributed by atoms with van der Waals surface area (Å²) in [5.41, 5.74) is 2.14. The molecule has 2 N–H and O–H groups in total. The van der Waals surface area contributed by atoms with E-state index in [0.717, 1.165) is 5.69 Å². The van der Waals surface area contributed by atoms with Crippen LogP contribution in [0.3, 0.4) is 0 Å². The zero-order valence-electron chi connectivity index (χ0n) is 14.3. The summed E-state index contributed by atoms with van der Waals surface area (Å²) >= 11 is 7.29. The van der Waals surface area contributed by atoms with E-state index in [2.05, 4.69) is 20.8 Å². The molecule has 0 saturated carbocycles. The van der Waals surface area contributed by atoms with E-state index in [1.165, 1.54) is 18.7 Å². The minimum absolute atomic E-state index is 0.146. The summed E-state index contributed by atoms with van der Waals surface area (Å²) in [7, 11) is 0. The molecule has 1 heterocycles. The van der Waals surface area contributed by atoms with E-state index in [1.807, 2.05) is 12.1 Å². The summed E-state index contributed by atoms with van der Waals surface area (Å²) in [4.78, 5) is 23.2. The molecule has 0 atom stereocenters. The monoisotopic (exact) mass is 401 g/mol. The Morgan fingerprint density at radius 1 is 1.11 bits per heavy atom. The van der Waals surface area contributed by atoms with Gasteiger partial charge in [-0.2, -0.15) is 0 Å². The lowest BCUT2D eigenvalue weighted by Crippen LogP contribution is -2.14. The Kier molecular flexibility index (Phi) is 6.10. The molecule has 9 heteroatoms. The molecule has 1 aromatic heterocycles. The van der Waals surface area contributed by atoms with Crippen LogP contribution in [-0.2, 0) is 9.59 Å². The van der Waals surface area contributed by atoms with Crippen molar-refractivity contribution >= 4 is 46.6 Å². The van der Waals surface area contributed by atoms with Crippen molar-refractivity contribution in [2.75, 3.05) is 16.4 Å². The van der Waals surface area contributed by atoms with E-state index in [0.29, 0.717) is 21.6 Å². The Morgan fingerprint density at radius 3 is 2.48 bits per heavy atom. The third-order valence-corrected chi connectivity index (χ3v) is 4.60. The molecule has 7 nitrogen and oxygen atoms in total. The summed E-state index contributed by atoms with van der Waals surface area (Å²) in [5.74, 6) is -0.146. The molecule has 3 aromatic rings. The van der Waals surface area contributed by atoms with Crippen LogP contribution >= 0.6 is 23.4 Å². The minimum Gasteiger partial charge on any atom is -0.326 e. The van der Waals surface area contributed by atoms with E-state index >= 15 is 0 Å². The van der Waals surface area contributed by atoms with E-state index in [4.69, 9.17) is 11.6 Å². The molecule has 3 rings (SSSR count). The predicted molar refractivity (Wildman–Crippen MR) is 106 cm³/mol. The number of amides is 2. The Morgan fingerprint density at radius 2 is 1.81 bits per heavy atom. The van der Waals surface area contributed by atoms with Crippen molar-refractivity contribution in [3.8, 4) is 5.69 Å². The first-order chi connectivity index (χ1) is 13.0. The second-order valence-electron chi connectivity index (χ2n) is 5.56. The van der Waals surface area contributed by atoms with Gasteiger partial charge in [0.05, 0.1) is 11.4 Å². The smallest absolute Gasteiger partial charge is 0.234 e. The lowest BCUT2D eigenvalue weighted by atomic mass is 10.3. The number of benzene rings is 2. The highest BCUT2D eigenvalue weighted by atomic mass is 35.5. The van der Waals surface area contributed by atoms with Gasteiger partial charge >= 0.3 is 0 Å². The molecular formula is C18H16ClN5O2S. The molecule has 0 saturated heterocycles. The van der Waals surface area contributed by atoms with Crippen molar-refractivity contribution in [1.29, 1.82) is 0 Å². The average Bonchev–Trinajstić information content (AvgIpc) is 3.10. The van der Waals surface area contributed by atoms with Crippen molar-refractivity contribution < 1.29 is 9.59 Å². The molecule has 0 aliphatic heterocycles. The third kappa shape index (κ3) is 5.32. The van der Waals surface area contributed by atoms with Gasteiger partial charge in [-0.25, -0.2) is 0 Å². The molecule has 0 aliphatic carbocycles. The van der Waals surface area contributed by atoms with Crippen molar-refractivity contribution in [2.45, 2.75) is 12.1 Å². The molecule has 27 heavy (non-hydrogen) atoms. The van der Waals surface area contributed by atoms with Gasteiger partial charge in [-0.3, -0.25) is 14.2 Å². The van der Waals surface area contributed by atoms with Crippen LogP contribution in [0.2, 0.25) is 5.02 Å². The zero-order chi connectivity index (χ0) is 19.2. The molecule has 138 valence electrons. The van der Waals surface area contributed by atoms with Gasteiger partial charge in [0, 0.05) is 23.3 Å². The number of hydrogen-bond donors (Lipinski definition) is 2. The minimum atomic E-state index is -0.173. The van der Waals surface area contributed by atoms with Gasteiger partial charge in [0.2, 0.25) is 11.8 Å². The molecule has 0 fully saturated rings. The van der Waals surface area contributed by atoms with Crippen molar-refractivity contribution in [3.63, 3.8) is 0 Å². The number of anilines is 2. The first kappa shape index (κ1) is 18.9. The maximum atomic E-state index is 12.2. The average molecular weight is 402 g/mol. The van der Waals surface area contributed by atoms with E-state index in [9.17, 15) is 9.59 Å². The molecule has 0 spiro atoms. The Balaban J connectivity index is 1.59. The first-order valence-electron chi connectivity index (χ1n) is 7.97. The molecule has 2 amide bonds. The van der Waals surface area contributed by atoms with Crippen LogP contribution in [0.5, 0.6) is 0 Å². The van der Waals surface area contributed by atoms with Gasteiger partial charge < -0.3 is 10.6 Å². The number of aromatic nitrogens is 3. The molecule has 0 unspecified atom stereocenters. The Labute approximate surface area is 165 Å². The highest BCUT2D eigenvalue weighted by molar-refractivity contribution is 7.99. The van der Waals surface area contributed by atoms with E-state index in [-0.39, 0.29) is 17.6 Å². The number of rotatable bonds is 6. The van der Waals surface area contributed by atoms with Gasteiger partial charge in [-0.15, -0.1) is 10.2 Å². The fraction of sp³-hybridized carbons (Fsp3) is 0.111. The van der Waals surface area contributed by atoms with Gasteiger partial charge in [0.1, 0.15) is 6.33 Å². The maximum Gasteiger partial charge on any atom is 0.234 e. The second kappa shape index (κ2) is 8.70. The summed E-state index contributed by atoms with van der Waals surface area (Å²) in [6, 6.07) is 14.2. The van der Waals surface area contributed by atoms with Crippen molar-refractivity contribution in [2.24, 2.45) is 0 Å². The van der Waals surface area contributed by atoms with Crippen LogP contribution in [0, 0.1) is 0 Å². The Bertz CT molecular complexity index is 958. The van der Waals surface area contributed by atoms with Crippen molar-refractivity contribution in [3.05, 3.63) is 59.9 Å². The molecule has 0 bridgehead atoms. The largest absolute Gasteiger partial charge is 0.326 e. The zero-order valence-corrected chi connectivity index (χ0v) is 15.9. The summed E-state index contributed by atoms with van der Waals surface area (Å²) in [6.07, 6.45) is 1.58. The SMILES string of the molecule is CC(=O)Nc1ccc(NC(=O)CSc2nncn2-c2cccc(Cl)c2)cc1. The number of halogens is 1. The van der Waals surface area contributed by atoms with E-state index < -0.39 is 0 Å². The summed E-state index contributed by atoms with van der Waals surface area (Å²) < 4.78 is 1.77. The highest BCUT2D eigenvalue weighted by Gasteiger charge is 2.11. The van der Waals surface area contributed by atoms with Crippen LogP contribution in [0.25, 0.3) is 5.69 Å². The maximum absolute atomic E-state index is 12.2. The molecule has 2 aromatic carbocycles. The number of hydrogen-bond acceptors (Lipinski definition) is 5. The Hall–Kier alpha value is -2.84. The van der Waals surface area contributed by atoms with Crippen LogP contribution < -0.4 is 10.6 Å². The fourth-order valence-electron chi connectivity index (χ4n) is 2.29. The van der Waals surface area contributed by atoms with Gasteiger partial charge in [0.25, 0.3) is 0 Å². The number of nitrogens with zero attached hydrogens (tertiary/aromatic N) is 3. The standard InChI is InChI=1S/C18H16ClN5O2S/c1-12(25)21-14-5-7-15(8-6-14)22-17(26)10-27-18-23-20-11-24(18)16-4-2-3-13(19)9-16/h2-9,11H,10H2,1H3,(H,21,25)(H,22,26). The predicted octanol–water partition coefficient (Wildman–Crippen LogP) is 3.61. The number of carbonyl (C=O) groups is 2. The van der Waals surface area contributed by atoms with Gasteiger partial charge in [-0.05, 0) is 42.5 Å². The third-order valence-electron chi connectivity index (χ3n) is 3.42. The number of nitrogens with one attached hydrogen (secondary N) is 2. The first-order valence-corrected chi connectivity index (χ1v) is 9.34. The van der Waals surface area contributed by atoms with Crippen LogP contribution in [0.4, 0.5) is 11.4 Å². The summed E-state index contributed by atoms with van der Waals surface area (Å²) in [6.45, 7) is 1.44. The van der Waals surface area contributed by atoms with Crippen molar-refractivity contribution in [1.82, 2.24) is 14.8 Å². The summed E-state index contributed by atoms with van der Waals surface area (Å²) in [5, 5.41) is 14.6. The molecule has 0 radical (unpaired) electrons. The normalized spacial score (nSPS) is 10.4. The van der Waals surface area contributed by atoms with Crippen LogP contribution in [0.1, 0.15) is 6.92 Å². The van der Waals surface area contributed by atoms with Gasteiger partial charge in [-0.1, -0.05) is 29.4 Å². The number of thioether (sulfide) groups is 1. The van der Waals surface area contributed by atoms with E-state index in [1.54, 1.807) is 47.3 Å². The fourth-order valence-corrected chi connectivity index (χ4v) is 3.21. The van der Waals surface area contributed by atoms with Gasteiger partial charge in [0.15, 0.2) is 5.16 Å². The lowest BCUT2D eigenvalue weighted by Gasteiger charge is -2.08. The van der Waals surface area contributed by atoms with Crippen LogP contribution in [0.15, 0.2) is 60.0 Å². The highest BCUT2D eigenvalue weighted by Crippen LogP contribution is 2.22. The number of carbonyl (C=O) groups excluding carboxylic acids is 2.